The van der Waals surface area contributed by atoms with E-state index in [9.17, 15) is 13.2 Å². The monoisotopic (exact) mass is 392 g/mol. The number of benzene rings is 1. The van der Waals surface area contributed by atoms with Gasteiger partial charge >= 0.3 is 5.97 Å². The van der Waals surface area contributed by atoms with Crippen LogP contribution in [0.15, 0.2) is 27.6 Å². The first-order chi connectivity index (χ1) is 12.7. The lowest BCUT2D eigenvalue weighted by Crippen LogP contribution is -2.41. The van der Waals surface area contributed by atoms with Crippen molar-refractivity contribution < 1.29 is 22.5 Å². The van der Waals surface area contributed by atoms with E-state index in [4.69, 9.17) is 9.26 Å². The molecule has 1 aliphatic heterocycles. The maximum Gasteiger partial charge on any atom is 0.314 e. The summed E-state index contributed by atoms with van der Waals surface area (Å²) in [7, 11) is -3.68. The van der Waals surface area contributed by atoms with Crippen molar-refractivity contribution in [2.75, 3.05) is 13.1 Å². The summed E-state index contributed by atoms with van der Waals surface area (Å²) in [6.07, 6.45) is 0.846. The van der Waals surface area contributed by atoms with Crippen LogP contribution in [0.3, 0.4) is 0 Å². The van der Waals surface area contributed by atoms with Crippen LogP contribution in [0.25, 0.3) is 0 Å². The second-order valence-electron chi connectivity index (χ2n) is 6.97. The van der Waals surface area contributed by atoms with Crippen LogP contribution in [0.5, 0.6) is 5.75 Å². The Balaban J connectivity index is 1.68. The molecular formula is C19H24N2O5S. The second-order valence-corrected chi connectivity index (χ2v) is 8.85. The molecule has 2 aromatic rings. The molecule has 1 saturated heterocycles. The molecule has 2 heterocycles. The number of para-hydroxylation sites is 1. The van der Waals surface area contributed by atoms with Crippen LogP contribution in [-0.2, 0) is 14.8 Å². The zero-order valence-corrected chi connectivity index (χ0v) is 16.8. The van der Waals surface area contributed by atoms with E-state index in [1.165, 1.54) is 4.31 Å². The molecule has 1 aromatic heterocycles. The number of nitrogens with zero attached hydrogens (tertiary/aromatic N) is 2. The van der Waals surface area contributed by atoms with Gasteiger partial charge in [0.05, 0.1) is 5.92 Å². The largest absolute Gasteiger partial charge is 0.426 e. The number of ether oxygens (including phenoxy) is 1. The number of carbonyl (C=O) groups excluding carboxylic acids is 1. The normalized spacial score (nSPS) is 16.4. The number of piperidine rings is 1. The number of carbonyl (C=O) groups is 1. The Hall–Kier alpha value is -2.19. The Morgan fingerprint density at radius 3 is 2.26 bits per heavy atom. The van der Waals surface area contributed by atoms with Crippen molar-refractivity contribution in [3.8, 4) is 5.75 Å². The van der Waals surface area contributed by atoms with Crippen LogP contribution in [0.4, 0.5) is 0 Å². The van der Waals surface area contributed by atoms with Crippen molar-refractivity contribution in [2.24, 2.45) is 5.92 Å². The molecule has 27 heavy (non-hydrogen) atoms. The lowest BCUT2D eigenvalue weighted by Gasteiger charge is -2.30. The van der Waals surface area contributed by atoms with E-state index in [1.54, 1.807) is 13.8 Å². The van der Waals surface area contributed by atoms with Gasteiger partial charge in [0, 0.05) is 13.1 Å². The first-order valence-corrected chi connectivity index (χ1v) is 10.4. The van der Waals surface area contributed by atoms with E-state index >= 15 is 0 Å². The Morgan fingerprint density at radius 1 is 1.15 bits per heavy atom. The summed E-state index contributed by atoms with van der Waals surface area (Å²) in [5, 5.41) is 3.73. The third-order valence-electron chi connectivity index (χ3n) is 4.96. The molecular weight excluding hydrogens is 368 g/mol. The minimum Gasteiger partial charge on any atom is -0.426 e. The van der Waals surface area contributed by atoms with Crippen molar-refractivity contribution in [3.05, 3.63) is 40.8 Å². The minimum atomic E-state index is -3.68. The fourth-order valence-corrected chi connectivity index (χ4v) is 5.21. The lowest BCUT2D eigenvalue weighted by molar-refractivity contribution is -0.140. The van der Waals surface area contributed by atoms with Gasteiger partial charge in [0.2, 0.25) is 10.0 Å². The molecule has 0 saturated carbocycles. The third kappa shape index (κ3) is 3.77. The summed E-state index contributed by atoms with van der Waals surface area (Å²) in [6.45, 7) is 7.51. The van der Waals surface area contributed by atoms with Gasteiger partial charge in [0.1, 0.15) is 16.3 Å². The fraction of sp³-hybridized carbons (Fsp3) is 0.474. The molecule has 1 aromatic carbocycles. The van der Waals surface area contributed by atoms with Gasteiger partial charge in [0.25, 0.3) is 0 Å². The predicted molar refractivity (Wildman–Crippen MR) is 99.0 cm³/mol. The number of aryl methyl sites for hydroxylation is 4. The van der Waals surface area contributed by atoms with E-state index in [1.807, 2.05) is 32.0 Å². The van der Waals surface area contributed by atoms with E-state index in [0.29, 0.717) is 24.3 Å². The predicted octanol–water partition coefficient (Wildman–Crippen LogP) is 2.91. The summed E-state index contributed by atoms with van der Waals surface area (Å²) < 4.78 is 37.7. The Morgan fingerprint density at radius 2 is 1.74 bits per heavy atom. The van der Waals surface area contributed by atoms with Gasteiger partial charge in [-0.25, -0.2) is 8.42 Å². The lowest BCUT2D eigenvalue weighted by atomic mass is 9.98. The van der Waals surface area contributed by atoms with Gasteiger partial charge in [-0.2, -0.15) is 4.31 Å². The Bertz CT molecular complexity index is 917. The fourth-order valence-electron chi connectivity index (χ4n) is 3.45. The second kappa shape index (κ2) is 7.44. The summed E-state index contributed by atoms with van der Waals surface area (Å²) in [6, 6.07) is 5.71. The smallest absolute Gasteiger partial charge is 0.314 e. The Labute approximate surface area is 159 Å². The van der Waals surface area contributed by atoms with Crippen molar-refractivity contribution in [1.82, 2.24) is 9.46 Å². The summed E-state index contributed by atoms with van der Waals surface area (Å²) in [5.74, 6) is 0.249. The van der Waals surface area contributed by atoms with Gasteiger partial charge < -0.3 is 9.26 Å². The number of rotatable bonds is 4. The van der Waals surface area contributed by atoms with Crippen molar-refractivity contribution in [1.29, 1.82) is 0 Å². The molecule has 0 radical (unpaired) electrons. The van der Waals surface area contributed by atoms with Crippen molar-refractivity contribution >= 4 is 16.0 Å². The standard InChI is InChI=1S/C19H24N2O5S/c1-12-6-5-7-13(2)17(12)25-19(22)16-8-10-21(11-9-16)27(23,24)18-14(3)20-26-15(18)4/h5-7,16H,8-11H2,1-4H3. The van der Waals surface area contributed by atoms with Crippen LogP contribution in [-0.4, -0.2) is 36.9 Å². The van der Waals surface area contributed by atoms with Gasteiger partial charge in [0.15, 0.2) is 5.76 Å². The third-order valence-corrected chi connectivity index (χ3v) is 7.11. The summed E-state index contributed by atoms with van der Waals surface area (Å²) in [5.41, 5.74) is 2.16. The number of hydrogen-bond donors (Lipinski definition) is 0. The molecule has 8 heteroatoms. The van der Waals surface area contributed by atoms with E-state index in [2.05, 4.69) is 5.16 Å². The maximum absolute atomic E-state index is 12.9. The van der Waals surface area contributed by atoms with Gasteiger partial charge in [-0.15, -0.1) is 0 Å². The molecule has 0 aliphatic carbocycles. The van der Waals surface area contributed by atoms with Crippen LogP contribution in [0.1, 0.15) is 35.4 Å². The molecule has 7 nitrogen and oxygen atoms in total. The maximum atomic E-state index is 12.9. The van der Waals surface area contributed by atoms with E-state index in [-0.39, 0.29) is 35.6 Å². The zero-order chi connectivity index (χ0) is 19.8. The van der Waals surface area contributed by atoms with Crippen LogP contribution in [0, 0.1) is 33.6 Å². The highest BCUT2D eigenvalue weighted by Gasteiger charge is 2.36. The van der Waals surface area contributed by atoms with Gasteiger partial charge in [-0.3, -0.25) is 4.79 Å². The average Bonchev–Trinajstić information content (AvgIpc) is 2.97. The number of sulfonamides is 1. The van der Waals surface area contributed by atoms with Crippen molar-refractivity contribution in [3.63, 3.8) is 0 Å². The van der Waals surface area contributed by atoms with Crippen molar-refractivity contribution in [2.45, 2.75) is 45.4 Å². The highest BCUT2D eigenvalue weighted by atomic mass is 32.2. The molecule has 0 atom stereocenters. The Kier molecular flexibility index (Phi) is 5.39. The molecule has 146 valence electrons. The molecule has 1 aliphatic rings. The first kappa shape index (κ1) is 19.6. The summed E-state index contributed by atoms with van der Waals surface area (Å²) in [4.78, 5) is 12.7. The highest BCUT2D eigenvalue weighted by Crippen LogP contribution is 2.29. The highest BCUT2D eigenvalue weighted by molar-refractivity contribution is 7.89. The van der Waals surface area contributed by atoms with Gasteiger partial charge in [-0.05, 0) is 51.7 Å². The number of hydrogen-bond acceptors (Lipinski definition) is 6. The average molecular weight is 392 g/mol. The van der Waals surface area contributed by atoms with Crippen LogP contribution < -0.4 is 4.74 Å². The molecule has 3 rings (SSSR count). The van der Waals surface area contributed by atoms with Crippen LogP contribution >= 0.6 is 0 Å². The van der Waals surface area contributed by atoms with Crippen LogP contribution in [0.2, 0.25) is 0 Å². The quantitative estimate of drug-likeness (QED) is 0.587. The zero-order valence-electron chi connectivity index (χ0n) is 16.0. The van der Waals surface area contributed by atoms with Gasteiger partial charge in [-0.1, -0.05) is 23.4 Å². The molecule has 0 unspecified atom stereocenters. The SMILES string of the molecule is Cc1cccc(C)c1OC(=O)C1CCN(S(=O)(=O)c2c(C)noc2C)CC1. The van der Waals surface area contributed by atoms with E-state index < -0.39 is 10.0 Å². The topological polar surface area (TPSA) is 89.7 Å². The first-order valence-electron chi connectivity index (χ1n) is 8.92. The molecule has 0 spiro atoms. The molecule has 0 N–H and O–H groups in total. The molecule has 1 fully saturated rings. The number of esters is 1. The minimum absolute atomic E-state index is 0.124. The summed E-state index contributed by atoms with van der Waals surface area (Å²) >= 11 is 0. The molecule has 0 bridgehead atoms. The number of aromatic nitrogens is 1. The molecule has 0 amide bonds. The van der Waals surface area contributed by atoms with E-state index in [0.717, 1.165) is 11.1 Å².